The van der Waals surface area contributed by atoms with Crippen molar-refractivity contribution in [2.24, 2.45) is 0 Å². The maximum Gasteiger partial charge on any atom is 0.178 e. The van der Waals surface area contributed by atoms with Crippen LogP contribution < -0.4 is 5.32 Å². The smallest absolute Gasteiger partial charge is 0.178 e. The van der Waals surface area contributed by atoms with E-state index in [1.54, 1.807) is 12.2 Å². The first kappa shape index (κ1) is 17.9. The Bertz CT molecular complexity index is 581. The third-order valence-electron chi connectivity index (χ3n) is 3.33. The van der Waals surface area contributed by atoms with Crippen molar-refractivity contribution in [1.29, 1.82) is 0 Å². The van der Waals surface area contributed by atoms with E-state index in [9.17, 15) is 4.79 Å². The number of benzene rings is 2. The predicted molar refractivity (Wildman–Crippen MR) is 99.6 cm³/mol. The summed E-state index contributed by atoms with van der Waals surface area (Å²) in [6, 6.07) is 19.6. The Morgan fingerprint density at radius 1 is 0.792 bits per heavy atom. The molecule has 0 amide bonds. The summed E-state index contributed by atoms with van der Waals surface area (Å²) in [5, 5.41) is 3.16. The lowest BCUT2D eigenvalue weighted by Gasteiger charge is -2.10. The Labute approximate surface area is 143 Å². The quantitative estimate of drug-likeness (QED) is 0.875. The van der Waals surface area contributed by atoms with E-state index in [4.69, 9.17) is 4.74 Å². The second-order valence-electron chi connectivity index (χ2n) is 5.25. The van der Waals surface area contributed by atoms with E-state index in [1.165, 1.54) is 0 Å². The minimum absolute atomic E-state index is 0.0114. The molecule has 3 rings (SSSR count). The van der Waals surface area contributed by atoms with Gasteiger partial charge in [-0.1, -0.05) is 72.8 Å². The number of morpholine rings is 1. The summed E-state index contributed by atoms with van der Waals surface area (Å²) in [5.41, 5.74) is 2.05. The standard InChI is InChI=1S/C17H14O.C4H9NO/c18-17(13-11-15-7-3-1-4-8-15)14-12-16-9-5-2-6-10-16;1-3-6-4-2-5-1/h1-14H;5H,1-4H2. The molecular weight excluding hydrogens is 298 g/mol. The molecule has 3 nitrogen and oxygen atoms in total. The first-order valence-electron chi connectivity index (χ1n) is 8.13. The summed E-state index contributed by atoms with van der Waals surface area (Å²) in [7, 11) is 0. The average Bonchev–Trinajstić information content (AvgIpc) is 2.68. The summed E-state index contributed by atoms with van der Waals surface area (Å²) in [6.07, 6.45) is 6.79. The van der Waals surface area contributed by atoms with Crippen LogP contribution in [0, 0.1) is 0 Å². The van der Waals surface area contributed by atoms with Crippen molar-refractivity contribution in [3.8, 4) is 0 Å². The zero-order chi connectivity index (χ0) is 16.9. The average molecular weight is 321 g/mol. The van der Waals surface area contributed by atoms with Crippen LogP contribution in [0.4, 0.5) is 0 Å². The van der Waals surface area contributed by atoms with Gasteiger partial charge in [0.25, 0.3) is 0 Å². The van der Waals surface area contributed by atoms with E-state index >= 15 is 0 Å². The van der Waals surface area contributed by atoms with Gasteiger partial charge in [-0.15, -0.1) is 0 Å². The van der Waals surface area contributed by atoms with Gasteiger partial charge in [-0.3, -0.25) is 4.79 Å². The fourth-order valence-corrected chi connectivity index (χ4v) is 2.06. The molecule has 24 heavy (non-hydrogen) atoms. The minimum Gasteiger partial charge on any atom is -0.379 e. The molecule has 1 aliphatic heterocycles. The van der Waals surface area contributed by atoms with Crippen molar-refractivity contribution in [2.75, 3.05) is 26.3 Å². The molecule has 0 saturated carbocycles. The van der Waals surface area contributed by atoms with Crippen molar-refractivity contribution in [3.63, 3.8) is 0 Å². The van der Waals surface area contributed by atoms with E-state index in [2.05, 4.69) is 5.32 Å². The number of rotatable bonds is 4. The molecule has 0 aliphatic carbocycles. The molecule has 0 atom stereocenters. The van der Waals surface area contributed by atoms with Crippen LogP contribution in [0.25, 0.3) is 12.2 Å². The van der Waals surface area contributed by atoms with Gasteiger partial charge < -0.3 is 10.1 Å². The highest BCUT2D eigenvalue weighted by molar-refractivity contribution is 6.04. The van der Waals surface area contributed by atoms with Gasteiger partial charge in [0.05, 0.1) is 13.2 Å². The van der Waals surface area contributed by atoms with Crippen LogP contribution >= 0.6 is 0 Å². The molecule has 1 aliphatic rings. The van der Waals surface area contributed by atoms with E-state index in [1.807, 2.05) is 72.8 Å². The van der Waals surface area contributed by atoms with Crippen molar-refractivity contribution < 1.29 is 9.53 Å². The number of ether oxygens (including phenoxy) is 1. The molecule has 2 aromatic carbocycles. The highest BCUT2D eigenvalue weighted by atomic mass is 16.5. The van der Waals surface area contributed by atoms with Gasteiger partial charge in [0, 0.05) is 13.1 Å². The first-order valence-corrected chi connectivity index (χ1v) is 8.13. The highest BCUT2D eigenvalue weighted by Gasteiger charge is 1.93. The maximum absolute atomic E-state index is 11.6. The lowest BCUT2D eigenvalue weighted by atomic mass is 10.1. The molecule has 1 heterocycles. The zero-order valence-corrected chi connectivity index (χ0v) is 13.7. The number of nitrogens with one attached hydrogen (secondary N) is 1. The molecule has 1 saturated heterocycles. The van der Waals surface area contributed by atoms with Gasteiger partial charge in [-0.05, 0) is 23.3 Å². The number of hydrogen-bond donors (Lipinski definition) is 1. The second-order valence-corrected chi connectivity index (χ2v) is 5.25. The van der Waals surface area contributed by atoms with Crippen LogP contribution in [-0.4, -0.2) is 32.1 Å². The second kappa shape index (κ2) is 11.1. The molecule has 124 valence electrons. The lowest BCUT2D eigenvalue weighted by molar-refractivity contribution is -0.110. The molecule has 0 radical (unpaired) electrons. The SMILES string of the molecule is C1COCCN1.O=C(C=Cc1ccccc1)C=Cc1ccccc1. The number of carbonyl (C=O) groups is 1. The Morgan fingerprint density at radius 2 is 1.25 bits per heavy atom. The van der Waals surface area contributed by atoms with Crippen LogP contribution in [0.1, 0.15) is 11.1 Å². The third kappa shape index (κ3) is 7.68. The predicted octanol–water partition coefficient (Wildman–Crippen LogP) is 3.59. The third-order valence-corrected chi connectivity index (χ3v) is 3.33. The Morgan fingerprint density at radius 3 is 1.58 bits per heavy atom. The molecule has 0 spiro atoms. The number of hydrogen-bond acceptors (Lipinski definition) is 3. The topological polar surface area (TPSA) is 38.3 Å². The Balaban J connectivity index is 0.000000292. The Hall–Kier alpha value is -2.49. The van der Waals surface area contributed by atoms with Gasteiger partial charge in [0.2, 0.25) is 0 Å². The summed E-state index contributed by atoms with van der Waals surface area (Å²) in [4.78, 5) is 11.6. The van der Waals surface area contributed by atoms with Gasteiger partial charge in [0.1, 0.15) is 0 Å². The summed E-state index contributed by atoms with van der Waals surface area (Å²) in [6.45, 7) is 3.83. The number of carbonyl (C=O) groups excluding carboxylic acids is 1. The molecule has 1 N–H and O–H groups in total. The van der Waals surface area contributed by atoms with E-state index < -0.39 is 0 Å². The molecule has 0 unspecified atom stereocenters. The van der Waals surface area contributed by atoms with Crippen LogP contribution in [0.3, 0.4) is 0 Å². The van der Waals surface area contributed by atoms with Gasteiger partial charge in [0.15, 0.2) is 5.78 Å². The van der Waals surface area contributed by atoms with Gasteiger partial charge in [-0.2, -0.15) is 0 Å². The van der Waals surface area contributed by atoms with Crippen molar-refractivity contribution in [3.05, 3.63) is 83.9 Å². The largest absolute Gasteiger partial charge is 0.379 e. The van der Waals surface area contributed by atoms with Crippen LogP contribution in [0.15, 0.2) is 72.8 Å². The van der Waals surface area contributed by atoms with Crippen molar-refractivity contribution >= 4 is 17.9 Å². The lowest BCUT2D eigenvalue weighted by Crippen LogP contribution is -2.30. The molecule has 1 fully saturated rings. The first-order chi connectivity index (χ1) is 11.8. The van der Waals surface area contributed by atoms with Gasteiger partial charge in [-0.25, -0.2) is 0 Å². The number of ketones is 1. The molecule has 0 bridgehead atoms. The van der Waals surface area contributed by atoms with Crippen molar-refractivity contribution in [1.82, 2.24) is 5.32 Å². The zero-order valence-electron chi connectivity index (χ0n) is 13.7. The normalized spacial score (nSPS) is 14.3. The monoisotopic (exact) mass is 321 g/mol. The van der Waals surface area contributed by atoms with Gasteiger partial charge >= 0.3 is 0 Å². The number of allylic oxidation sites excluding steroid dienone is 2. The molecule has 0 aromatic heterocycles. The Kier molecular flexibility index (Phi) is 8.27. The molecule has 2 aromatic rings. The van der Waals surface area contributed by atoms with E-state index in [0.29, 0.717) is 0 Å². The van der Waals surface area contributed by atoms with Crippen LogP contribution in [-0.2, 0) is 9.53 Å². The van der Waals surface area contributed by atoms with Crippen LogP contribution in [0.5, 0.6) is 0 Å². The van der Waals surface area contributed by atoms with E-state index in [-0.39, 0.29) is 5.78 Å². The van der Waals surface area contributed by atoms with E-state index in [0.717, 1.165) is 37.4 Å². The fraction of sp³-hybridized carbons (Fsp3) is 0.190. The summed E-state index contributed by atoms with van der Waals surface area (Å²) in [5.74, 6) is -0.0114. The van der Waals surface area contributed by atoms with Crippen LogP contribution in [0.2, 0.25) is 0 Å². The highest BCUT2D eigenvalue weighted by Crippen LogP contribution is 2.03. The molecular formula is C21H23NO2. The fourth-order valence-electron chi connectivity index (χ4n) is 2.06. The summed E-state index contributed by atoms with van der Waals surface area (Å²) >= 11 is 0. The summed E-state index contributed by atoms with van der Waals surface area (Å²) < 4.78 is 5.01. The molecule has 3 heteroatoms. The maximum atomic E-state index is 11.6. The van der Waals surface area contributed by atoms with Crippen molar-refractivity contribution in [2.45, 2.75) is 0 Å². The minimum atomic E-state index is -0.0114.